The van der Waals surface area contributed by atoms with Crippen LogP contribution in [0.4, 0.5) is 10.5 Å². The highest BCUT2D eigenvalue weighted by Crippen LogP contribution is 2.34. The molecular weight excluding hydrogens is 406 g/mol. The maximum absolute atomic E-state index is 13.4. The molecule has 3 aliphatic heterocycles. The van der Waals surface area contributed by atoms with Crippen molar-refractivity contribution in [2.45, 2.75) is 12.2 Å². The summed E-state index contributed by atoms with van der Waals surface area (Å²) >= 11 is 0. The summed E-state index contributed by atoms with van der Waals surface area (Å²) in [7, 11) is 3.35. The molecule has 5 rings (SSSR count). The number of rotatable bonds is 5. The van der Waals surface area contributed by atoms with Gasteiger partial charge in [0.1, 0.15) is 5.75 Å². The van der Waals surface area contributed by atoms with E-state index in [1.54, 1.807) is 19.1 Å². The van der Waals surface area contributed by atoms with Crippen LogP contribution in [0.2, 0.25) is 0 Å². The SMILES string of the molecule is COc1cccc(N2CCN3C2=NC2C3C(=O)N(C/C=C/c3ccccc3)C(=O)N2C)c1. The van der Waals surface area contributed by atoms with Crippen LogP contribution in [-0.2, 0) is 4.79 Å². The first-order valence-corrected chi connectivity index (χ1v) is 10.6. The van der Waals surface area contributed by atoms with Gasteiger partial charge < -0.3 is 19.4 Å². The number of hydrogen-bond donors (Lipinski definition) is 0. The maximum Gasteiger partial charge on any atom is 0.328 e. The quantitative estimate of drug-likeness (QED) is 0.728. The number of likely N-dealkylation sites (N-methyl/N-ethyl adjacent to an activating group) is 1. The van der Waals surface area contributed by atoms with E-state index in [0.717, 1.165) is 23.0 Å². The summed E-state index contributed by atoms with van der Waals surface area (Å²) in [5.74, 6) is 1.28. The summed E-state index contributed by atoms with van der Waals surface area (Å²) in [4.78, 5) is 38.1. The number of methoxy groups -OCH3 is 1. The standard InChI is InChI=1S/C24H25N5O3/c1-26-21-20(22(30)29(24(26)31)13-7-10-17-8-4-3-5-9-17)28-15-14-27(23(28)25-21)18-11-6-12-19(16-18)32-2/h3-12,16,20-21H,13-15H2,1-2H3/b10-7+. The molecule has 0 N–H and O–H groups in total. The number of fused-ring (bicyclic) bond motifs is 3. The second-order valence-corrected chi connectivity index (χ2v) is 7.99. The summed E-state index contributed by atoms with van der Waals surface area (Å²) in [6.45, 7) is 1.61. The van der Waals surface area contributed by atoms with E-state index in [-0.39, 0.29) is 18.5 Å². The normalized spacial score (nSPS) is 22.5. The molecule has 0 bridgehead atoms. The number of aliphatic imine (C=N–C) groups is 1. The Morgan fingerprint density at radius 1 is 1.09 bits per heavy atom. The molecule has 0 radical (unpaired) electrons. The molecule has 0 aromatic heterocycles. The summed E-state index contributed by atoms with van der Waals surface area (Å²) in [5.41, 5.74) is 1.98. The van der Waals surface area contributed by atoms with E-state index in [2.05, 4.69) is 4.90 Å². The van der Waals surface area contributed by atoms with Crippen molar-refractivity contribution in [3.63, 3.8) is 0 Å². The van der Waals surface area contributed by atoms with Crippen molar-refractivity contribution in [3.05, 3.63) is 66.2 Å². The summed E-state index contributed by atoms with van der Waals surface area (Å²) in [6.07, 6.45) is 3.25. The Kier molecular flexibility index (Phi) is 5.05. The third-order valence-corrected chi connectivity index (χ3v) is 6.14. The molecule has 0 aliphatic carbocycles. The molecular formula is C24H25N5O3. The highest BCUT2D eigenvalue weighted by molar-refractivity contribution is 6.08. The van der Waals surface area contributed by atoms with Crippen LogP contribution in [-0.4, -0.2) is 78.6 Å². The zero-order valence-electron chi connectivity index (χ0n) is 18.1. The smallest absolute Gasteiger partial charge is 0.328 e. The molecule has 2 aromatic rings. The number of guanidine groups is 1. The topological polar surface area (TPSA) is 68.7 Å². The number of ether oxygens (including phenoxy) is 1. The van der Waals surface area contributed by atoms with Gasteiger partial charge in [-0.25, -0.2) is 9.79 Å². The summed E-state index contributed by atoms with van der Waals surface area (Å²) in [6, 6.07) is 16.8. The van der Waals surface area contributed by atoms with Crippen molar-refractivity contribution < 1.29 is 14.3 Å². The monoisotopic (exact) mass is 431 g/mol. The summed E-state index contributed by atoms with van der Waals surface area (Å²) in [5, 5.41) is 0. The van der Waals surface area contributed by atoms with Crippen LogP contribution >= 0.6 is 0 Å². The van der Waals surface area contributed by atoms with Crippen molar-refractivity contribution >= 4 is 29.7 Å². The van der Waals surface area contributed by atoms with Crippen LogP contribution in [0, 0.1) is 0 Å². The lowest BCUT2D eigenvalue weighted by atomic mass is 10.1. The van der Waals surface area contributed by atoms with Crippen LogP contribution in [0.3, 0.4) is 0 Å². The predicted octanol–water partition coefficient (Wildman–Crippen LogP) is 2.49. The number of hydrogen-bond acceptors (Lipinski definition) is 6. The second kappa shape index (κ2) is 8.03. The zero-order valence-corrected chi connectivity index (χ0v) is 18.1. The van der Waals surface area contributed by atoms with E-state index in [9.17, 15) is 9.59 Å². The van der Waals surface area contributed by atoms with Gasteiger partial charge in [-0.15, -0.1) is 0 Å². The Morgan fingerprint density at radius 3 is 2.69 bits per heavy atom. The van der Waals surface area contributed by atoms with E-state index >= 15 is 0 Å². The highest BCUT2D eigenvalue weighted by Gasteiger charge is 2.54. The highest BCUT2D eigenvalue weighted by atomic mass is 16.5. The molecule has 0 saturated carbocycles. The van der Waals surface area contributed by atoms with Gasteiger partial charge in [0, 0.05) is 38.4 Å². The van der Waals surface area contributed by atoms with Gasteiger partial charge in [0.05, 0.1) is 7.11 Å². The number of anilines is 1. The Labute approximate surface area is 187 Å². The number of imide groups is 1. The fourth-order valence-corrected chi connectivity index (χ4v) is 4.49. The molecule has 2 saturated heterocycles. The van der Waals surface area contributed by atoms with Gasteiger partial charge in [0.2, 0.25) is 5.96 Å². The zero-order chi connectivity index (χ0) is 22.2. The minimum absolute atomic E-state index is 0.206. The molecule has 164 valence electrons. The van der Waals surface area contributed by atoms with Crippen molar-refractivity contribution in [2.24, 2.45) is 4.99 Å². The first-order valence-electron chi connectivity index (χ1n) is 10.6. The molecule has 32 heavy (non-hydrogen) atoms. The molecule has 3 heterocycles. The van der Waals surface area contributed by atoms with E-state index in [0.29, 0.717) is 13.1 Å². The van der Waals surface area contributed by atoms with Crippen LogP contribution in [0.25, 0.3) is 6.08 Å². The number of carbonyl (C=O) groups excluding carboxylic acids is 2. The number of nitrogens with zero attached hydrogens (tertiary/aromatic N) is 5. The van der Waals surface area contributed by atoms with Crippen molar-refractivity contribution in [3.8, 4) is 5.75 Å². The number of benzene rings is 2. The molecule has 3 amide bonds. The fraction of sp³-hybridized carbons (Fsp3) is 0.292. The van der Waals surface area contributed by atoms with Gasteiger partial charge in [0.25, 0.3) is 5.91 Å². The molecule has 2 atom stereocenters. The Morgan fingerprint density at radius 2 is 1.91 bits per heavy atom. The van der Waals surface area contributed by atoms with Crippen LogP contribution in [0.5, 0.6) is 5.75 Å². The number of amides is 3. The average Bonchev–Trinajstić information content (AvgIpc) is 3.40. The van der Waals surface area contributed by atoms with Crippen LogP contribution < -0.4 is 9.64 Å². The number of urea groups is 1. The molecule has 0 spiro atoms. The molecule has 8 heteroatoms. The minimum atomic E-state index is -0.521. The van der Waals surface area contributed by atoms with E-state index in [4.69, 9.17) is 9.73 Å². The first kappa shape index (κ1) is 20.1. The van der Waals surface area contributed by atoms with E-state index in [1.807, 2.05) is 71.6 Å². The predicted molar refractivity (Wildman–Crippen MR) is 122 cm³/mol. The molecule has 2 aromatic carbocycles. The van der Waals surface area contributed by atoms with Gasteiger partial charge in [-0.2, -0.15) is 0 Å². The molecule has 2 unspecified atom stereocenters. The van der Waals surface area contributed by atoms with Gasteiger partial charge in [-0.05, 0) is 17.7 Å². The maximum atomic E-state index is 13.4. The van der Waals surface area contributed by atoms with Crippen molar-refractivity contribution in [2.75, 3.05) is 38.7 Å². The lowest BCUT2D eigenvalue weighted by molar-refractivity contribution is -0.136. The van der Waals surface area contributed by atoms with E-state index < -0.39 is 12.2 Å². The van der Waals surface area contributed by atoms with Crippen molar-refractivity contribution in [1.82, 2.24) is 14.7 Å². The van der Waals surface area contributed by atoms with Gasteiger partial charge in [-0.3, -0.25) is 9.69 Å². The van der Waals surface area contributed by atoms with Gasteiger partial charge >= 0.3 is 6.03 Å². The Balaban J connectivity index is 1.37. The third kappa shape index (κ3) is 3.28. The lowest BCUT2D eigenvalue weighted by Crippen LogP contribution is -2.64. The number of carbonyl (C=O) groups is 2. The third-order valence-electron chi connectivity index (χ3n) is 6.14. The Hall–Kier alpha value is -3.81. The van der Waals surface area contributed by atoms with Crippen LogP contribution in [0.15, 0.2) is 65.7 Å². The Bertz CT molecular complexity index is 1100. The fourth-order valence-electron chi connectivity index (χ4n) is 4.49. The molecule has 2 fully saturated rings. The minimum Gasteiger partial charge on any atom is -0.497 e. The van der Waals surface area contributed by atoms with Gasteiger partial charge in [0.15, 0.2) is 12.2 Å². The lowest BCUT2D eigenvalue weighted by Gasteiger charge is -2.40. The second-order valence-electron chi connectivity index (χ2n) is 7.99. The van der Waals surface area contributed by atoms with Crippen LogP contribution in [0.1, 0.15) is 5.56 Å². The molecule has 3 aliphatic rings. The molecule has 8 nitrogen and oxygen atoms in total. The largest absolute Gasteiger partial charge is 0.497 e. The van der Waals surface area contributed by atoms with E-state index in [1.165, 1.54) is 4.90 Å². The summed E-state index contributed by atoms with van der Waals surface area (Å²) < 4.78 is 5.35. The average molecular weight is 431 g/mol. The van der Waals surface area contributed by atoms with Gasteiger partial charge in [-0.1, -0.05) is 48.6 Å². The first-order chi connectivity index (χ1) is 15.6. The van der Waals surface area contributed by atoms with Crippen molar-refractivity contribution in [1.29, 1.82) is 0 Å².